The number of amides is 1. The smallest absolute Gasteiger partial charge is 0.244 e. The molecular weight excluding hydrogens is 382 g/mol. The summed E-state index contributed by atoms with van der Waals surface area (Å²) in [5.41, 5.74) is 2.91. The van der Waals surface area contributed by atoms with Crippen LogP contribution in [-0.4, -0.2) is 10.9 Å². The van der Waals surface area contributed by atoms with E-state index >= 15 is 0 Å². The fourth-order valence-corrected chi connectivity index (χ4v) is 2.79. The molecule has 0 fully saturated rings. The first kappa shape index (κ1) is 19.7. The molecule has 2 aromatic carbocycles. The molecule has 1 unspecified atom stereocenters. The molecule has 1 amide bonds. The van der Waals surface area contributed by atoms with Crippen molar-refractivity contribution >= 4 is 23.6 Å². The number of carbonyl (C=O) groups excluding carboxylic acids is 1. The number of rotatable bonds is 5. The summed E-state index contributed by atoms with van der Waals surface area (Å²) in [7, 11) is 0. The topological polar surface area (TPSA) is 42.0 Å². The average molecular weight is 399 g/mol. The summed E-state index contributed by atoms with van der Waals surface area (Å²) < 4.78 is 26.5. The number of hydrogen-bond donors (Lipinski definition) is 1. The third kappa shape index (κ3) is 5.02. The van der Waals surface area contributed by atoms with Gasteiger partial charge in [0.1, 0.15) is 16.8 Å². The highest BCUT2D eigenvalue weighted by Crippen LogP contribution is 2.23. The van der Waals surface area contributed by atoms with Gasteiger partial charge in [0.05, 0.1) is 6.04 Å². The van der Waals surface area contributed by atoms with Crippen LogP contribution >= 0.6 is 11.6 Å². The molecule has 0 saturated carbocycles. The van der Waals surface area contributed by atoms with Crippen LogP contribution in [0.15, 0.2) is 66.9 Å². The minimum atomic E-state index is -0.721. The van der Waals surface area contributed by atoms with Gasteiger partial charge in [-0.2, -0.15) is 0 Å². The molecular formula is C22H17ClF2N2O. The van der Waals surface area contributed by atoms with Gasteiger partial charge in [-0.05, 0) is 54.5 Å². The van der Waals surface area contributed by atoms with Gasteiger partial charge in [0.15, 0.2) is 0 Å². The Morgan fingerprint density at radius 1 is 1.11 bits per heavy atom. The van der Waals surface area contributed by atoms with Crippen molar-refractivity contribution in [3.63, 3.8) is 0 Å². The van der Waals surface area contributed by atoms with Gasteiger partial charge in [0, 0.05) is 29.5 Å². The summed E-state index contributed by atoms with van der Waals surface area (Å²) in [5.74, 6) is -1.76. The SMILES string of the molecule is CC(NC(=O)/C=C/c1ccc(F)cc1F)c1cccc(-c2ccc(Cl)nc2)c1. The first-order valence-electron chi connectivity index (χ1n) is 8.58. The second kappa shape index (κ2) is 8.76. The Labute approximate surface area is 166 Å². The van der Waals surface area contributed by atoms with Crippen LogP contribution in [0.5, 0.6) is 0 Å². The van der Waals surface area contributed by atoms with Crippen LogP contribution in [0, 0.1) is 11.6 Å². The van der Waals surface area contributed by atoms with Gasteiger partial charge < -0.3 is 5.32 Å². The maximum absolute atomic E-state index is 13.6. The van der Waals surface area contributed by atoms with E-state index in [2.05, 4.69) is 10.3 Å². The van der Waals surface area contributed by atoms with Gasteiger partial charge in [-0.15, -0.1) is 0 Å². The van der Waals surface area contributed by atoms with Crippen molar-refractivity contribution in [1.29, 1.82) is 0 Å². The summed E-state index contributed by atoms with van der Waals surface area (Å²) in [5, 5.41) is 3.25. The van der Waals surface area contributed by atoms with Crippen molar-refractivity contribution < 1.29 is 13.6 Å². The molecule has 3 aromatic rings. The molecule has 0 aliphatic carbocycles. The van der Waals surface area contributed by atoms with E-state index in [0.717, 1.165) is 28.8 Å². The highest BCUT2D eigenvalue weighted by molar-refractivity contribution is 6.29. The molecule has 142 valence electrons. The molecule has 0 radical (unpaired) electrons. The zero-order valence-corrected chi connectivity index (χ0v) is 15.8. The van der Waals surface area contributed by atoms with Gasteiger partial charge in [0.2, 0.25) is 5.91 Å². The summed E-state index contributed by atoms with van der Waals surface area (Å²) >= 11 is 5.82. The van der Waals surface area contributed by atoms with Crippen LogP contribution in [0.4, 0.5) is 8.78 Å². The molecule has 1 N–H and O–H groups in total. The average Bonchev–Trinajstić information content (AvgIpc) is 2.68. The molecule has 0 aliphatic rings. The Morgan fingerprint density at radius 3 is 2.64 bits per heavy atom. The maximum atomic E-state index is 13.6. The highest BCUT2D eigenvalue weighted by Gasteiger charge is 2.09. The summed E-state index contributed by atoms with van der Waals surface area (Å²) in [4.78, 5) is 16.2. The Bertz CT molecular complexity index is 1020. The lowest BCUT2D eigenvalue weighted by Crippen LogP contribution is -2.24. The Hall–Kier alpha value is -3.05. The Kier molecular flexibility index (Phi) is 6.16. The molecule has 0 spiro atoms. The number of benzene rings is 2. The van der Waals surface area contributed by atoms with Gasteiger partial charge in [-0.25, -0.2) is 13.8 Å². The number of aromatic nitrogens is 1. The first-order valence-corrected chi connectivity index (χ1v) is 8.95. The van der Waals surface area contributed by atoms with E-state index in [4.69, 9.17) is 11.6 Å². The first-order chi connectivity index (χ1) is 13.4. The zero-order chi connectivity index (χ0) is 20.1. The van der Waals surface area contributed by atoms with Crippen LogP contribution in [0.25, 0.3) is 17.2 Å². The van der Waals surface area contributed by atoms with E-state index in [1.54, 1.807) is 12.3 Å². The minimum Gasteiger partial charge on any atom is -0.346 e. The normalized spacial score (nSPS) is 12.1. The van der Waals surface area contributed by atoms with E-state index < -0.39 is 11.6 Å². The van der Waals surface area contributed by atoms with Gasteiger partial charge in [-0.3, -0.25) is 4.79 Å². The Balaban J connectivity index is 1.69. The van der Waals surface area contributed by atoms with Crippen molar-refractivity contribution in [3.8, 4) is 11.1 Å². The van der Waals surface area contributed by atoms with Crippen molar-refractivity contribution in [2.75, 3.05) is 0 Å². The fourth-order valence-electron chi connectivity index (χ4n) is 2.68. The molecule has 28 heavy (non-hydrogen) atoms. The van der Waals surface area contributed by atoms with E-state index in [0.29, 0.717) is 5.15 Å². The van der Waals surface area contributed by atoms with Crippen molar-refractivity contribution in [2.45, 2.75) is 13.0 Å². The summed E-state index contributed by atoms with van der Waals surface area (Å²) in [6, 6.07) is 14.2. The Morgan fingerprint density at radius 2 is 1.93 bits per heavy atom. The number of hydrogen-bond acceptors (Lipinski definition) is 2. The van der Waals surface area contributed by atoms with Gasteiger partial charge >= 0.3 is 0 Å². The van der Waals surface area contributed by atoms with Gasteiger partial charge in [-0.1, -0.05) is 29.8 Å². The minimum absolute atomic E-state index is 0.140. The van der Waals surface area contributed by atoms with Crippen LogP contribution in [0.2, 0.25) is 5.15 Å². The molecule has 6 heteroatoms. The molecule has 1 heterocycles. The quantitative estimate of drug-likeness (QED) is 0.451. The van der Waals surface area contributed by atoms with Crippen molar-refractivity contribution in [2.24, 2.45) is 0 Å². The number of pyridine rings is 1. The van der Waals surface area contributed by atoms with Crippen LogP contribution in [0.1, 0.15) is 24.1 Å². The predicted molar refractivity (Wildman–Crippen MR) is 107 cm³/mol. The number of nitrogens with zero attached hydrogens (tertiary/aromatic N) is 1. The number of carbonyl (C=O) groups is 1. The van der Waals surface area contributed by atoms with E-state index in [9.17, 15) is 13.6 Å². The van der Waals surface area contributed by atoms with E-state index in [-0.39, 0.29) is 17.5 Å². The molecule has 1 atom stereocenters. The molecule has 0 aliphatic heterocycles. The maximum Gasteiger partial charge on any atom is 0.244 e. The lowest BCUT2D eigenvalue weighted by Gasteiger charge is -2.14. The third-order valence-electron chi connectivity index (χ3n) is 4.18. The standard InChI is InChI=1S/C22H17ClF2N2O/c1-14(27-22(28)10-7-15-5-8-19(24)12-20(15)25)16-3-2-4-17(11-16)18-6-9-21(23)26-13-18/h2-14H,1H3,(H,27,28)/b10-7+. The predicted octanol–water partition coefficient (Wildman–Crippen LogP) is 5.57. The van der Waals surface area contributed by atoms with Crippen LogP contribution in [0.3, 0.4) is 0 Å². The summed E-state index contributed by atoms with van der Waals surface area (Å²) in [6.45, 7) is 1.85. The number of halogens is 3. The second-order valence-electron chi connectivity index (χ2n) is 6.22. The van der Waals surface area contributed by atoms with E-state index in [1.807, 2.05) is 37.3 Å². The zero-order valence-electron chi connectivity index (χ0n) is 15.0. The fraction of sp³-hybridized carbons (Fsp3) is 0.0909. The molecule has 1 aromatic heterocycles. The monoisotopic (exact) mass is 398 g/mol. The third-order valence-corrected chi connectivity index (χ3v) is 4.41. The molecule has 3 rings (SSSR count). The van der Waals surface area contributed by atoms with Crippen LogP contribution in [-0.2, 0) is 4.79 Å². The lowest BCUT2D eigenvalue weighted by atomic mass is 10.0. The molecule has 3 nitrogen and oxygen atoms in total. The highest BCUT2D eigenvalue weighted by atomic mass is 35.5. The van der Waals surface area contributed by atoms with Gasteiger partial charge in [0.25, 0.3) is 0 Å². The van der Waals surface area contributed by atoms with Crippen LogP contribution < -0.4 is 5.32 Å². The largest absolute Gasteiger partial charge is 0.346 e. The van der Waals surface area contributed by atoms with Crippen molar-refractivity contribution in [3.05, 3.63) is 94.8 Å². The molecule has 0 saturated heterocycles. The molecule has 0 bridgehead atoms. The second-order valence-corrected chi connectivity index (χ2v) is 6.61. The lowest BCUT2D eigenvalue weighted by molar-refractivity contribution is -0.117. The van der Waals surface area contributed by atoms with E-state index in [1.165, 1.54) is 18.2 Å². The van der Waals surface area contributed by atoms with Crippen molar-refractivity contribution in [1.82, 2.24) is 10.3 Å². The number of nitrogens with one attached hydrogen (secondary N) is 1. The summed E-state index contributed by atoms with van der Waals surface area (Å²) in [6.07, 6.45) is 4.22.